The van der Waals surface area contributed by atoms with Crippen LogP contribution in [0.3, 0.4) is 0 Å². The minimum absolute atomic E-state index is 0.520. The Morgan fingerprint density at radius 2 is 1.92 bits per heavy atom. The van der Waals surface area contributed by atoms with E-state index >= 15 is 0 Å². The maximum absolute atomic E-state index is 9.46. The first-order valence-corrected chi connectivity index (χ1v) is 5.75. The predicted molar refractivity (Wildman–Crippen MR) is 56.8 cm³/mol. The predicted octanol–water partition coefficient (Wildman–Crippen LogP) is 1.44. The monoisotopic (exact) mass is 191 g/mol. The molecule has 0 aromatic heterocycles. The van der Waals surface area contributed by atoms with Gasteiger partial charge in [-0.05, 0) is 33.6 Å². The van der Waals surface area contributed by atoms with Crippen LogP contribution in [-0.2, 0) is 0 Å². The van der Waals surface area contributed by atoms with Gasteiger partial charge in [0.25, 0.3) is 0 Å². The van der Waals surface area contributed by atoms with Crippen LogP contribution >= 0.6 is 11.8 Å². The highest BCUT2D eigenvalue weighted by Crippen LogP contribution is 2.07. The first-order valence-electron chi connectivity index (χ1n) is 4.35. The average molecular weight is 191 g/mol. The Labute approximate surface area is 80.3 Å². The van der Waals surface area contributed by atoms with Crippen molar-refractivity contribution in [1.82, 2.24) is 4.90 Å². The lowest BCUT2D eigenvalue weighted by Gasteiger charge is -2.22. The summed E-state index contributed by atoms with van der Waals surface area (Å²) in [5, 5.41) is 9.46. The van der Waals surface area contributed by atoms with Gasteiger partial charge in [0.2, 0.25) is 0 Å². The van der Waals surface area contributed by atoms with Crippen molar-refractivity contribution >= 4 is 11.8 Å². The number of rotatable bonds is 6. The summed E-state index contributed by atoms with van der Waals surface area (Å²) < 4.78 is 0. The van der Waals surface area contributed by atoms with Crippen LogP contribution in [0.1, 0.15) is 20.3 Å². The first-order chi connectivity index (χ1) is 5.45. The van der Waals surface area contributed by atoms with Crippen LogP contribution in [0.4, 0.5) is 0 Å². The van der Waals surface area contributed by atoms with Crippen molar-refractivity contribution in [3.05, 3.63) is 0 Å². The quantitative estimate of drug-likeness (QED) is 0.687. The van der Waals surface area contributed by atoms with Crippen LogP contribution in [0.5, 0.6) is 0 Å². The molecule has 0 fully saturated rings. The molecule has 0 aliphatic rings. The highest BCUT2D eigenvalue weighted by Gasteiger charge is 2.12. The van der Waals surface area contributed by atoms with Crippen molar-refractivity contribution in [1.29, 1.82) is 0 Å². The second-order valence-corrected chi connectivity index (χ2v) is 4.84. The van der Waals surface area contributed by atoms with Gasteiger partial charge in [-0.25, -0.2) is 0 Å². The molecule has 0 radical (unpaired) electrons. The van der Waals surface area contributed by atoms with E-state index < -0.39 is 5.60 Å². The fourth-order valence-corrected chi connectivity index (χ4v) is 1.32. The number of aliphatic hydroxyl groups is 1. The summed E-state index contributed by atoms with van der Waals surface area (Å²) in [5.74, 6) is 1.17. The average Bonchev–Trinajstić information content (AvgIpc) is 1.95. The Morgan fingerprint density at radius 1 is 1.33 bits per heavy atom. The molecule has 3 heteroatoms. The Kier molecular flexibility index (Phi) is 5.97. The largest absolute Gasteiger partial charge is 0.390 e. The number of thioether (sulfide) groups is 1. The highest BCUT2D eigenvalue weighted by molar-refractivity contribution is 7.98. The lowest BCUT2D eigenvalue weighted by atomic mass is 10.1. The first kappa shape index (κ1) is 12.3. The van der Waals surface area contributed by atoms with Gasteiger partial charge < -0.3 is 10.0 Å². The van der Waals surface area contributed by atoms with E-state index in [1.54, 1.807) is 0 Å². The van der Waals surface area contributed by atoms with Gasteiger partial charge in [-0.1, -0.05) is 0 Å². The van der Waals surface area contributed by atoms with E-state index in [1.807, 2.05) is 25.6 Å². The van der Waals surface area contributed by atoms with E-state index in [0.717, 1.165) is 19.5 Å². The van der Waals surface area contributed by atoms with E-state index in [4.69, 9.17) is 0 Å². The molecule has 0 spiro atoms. The van der Waals surface area contributed by atoms with E-state index in [2.05, 4.69) is 18.2 Å². The normalized spacial score (nSPS) is 12.5. The summed E-state index contributed by atoms with van der Waals surface area (Å²) in [6, 6.07) is 0. The zero-order chi connectivity index (χ0) is 9.61. The van der Waals surface area contributed by atoms with Crippen LogP contribution < -0.4 is 0 Å². The van der Waals surface area contributed by atoms with Gasteiger partial charge in [0.05, 0.1) is 5.60 Å². The Bertz CT molecular complexity index is 112. The van der Waals surface area contributed by atoms with Crippen LogP contribution in [0.15, 0.2) is 0 Å². The molecule has 0 aromatic carbocycles. The number of hydrogen-bond acceptors (Lipinski definition) is 3. The number of hydrogen-bond donors (Lipinski definition) is 1. The van der Waals surface area contributed by atoms with Crippen molar-refractivity contribution in [3.63, 3.8) is 0 Å². The number of nitrogens with zero attached hydrogens (tertiary/aromatic N) is 1. The molecule has 2 nitrogen and oxygen atoms in total. The van der Waals surface area contributed by atoms with Crippen LogP contribution in [0.2, 0.25) is 0 Å². The fourth-order valence-electron chi connectivity index (χ4n) is 0.823. The third-order valence-electron chi connectivity index (χ3n) is 1.78. The molecule has 0 saturated heterocycles. The molecule has 1 N–H and O–H groups in total. The molecule has 0 aliphatic heterocycles. The zero-order valence-electron chi connectivity index (χ0n) is 8.63. The summed E-state index contributed by atoms with van der Waals surface area (Å²) in [6.07, 6.45) is 2.96. The SMILES string of the molecule is CSCCN(C)CCC(C)(C)O. The van der Waals surface area contributed by atoms with Crippen LogP contribution in [0, 0.1) is 0 Å². The Balaban J connectivity index is 3.37. The Morgan fingerprint density at radius 3 is 2.33 bits per heavy atom. The molecule has 74 valence electrons. The maximum Gasteiger partial charge on any atom is 0.0603 e. The molecular formula is C9H21NOS. The maximum atomic E-state index is 9.46. The summed E-state index contributed by atoms with van der Waals surface area (Å²) in [4.78, 5) is 2.26. The van der Waals surface area contributed by atoms with Crippen molar-refractivity contribution in [3.8, 4) is 0 Å². The molecular weight excluding hydrogens is 170 g/mol. The smallest absolute Gasteiger partial charge is 0.0603 e. The summed E-state index contributed by atoms with van der Waals surface area (Å²) in [5.41, 5.74) is -0.520. The van der Waals surface area contributed by atoms with Crippen molar-refractivity contribution < 1.29 is 5.11 Å². The third kappa shape index (κ3) is 8.37. The second kappa shape index (κ2) is 5.84. The highest BCUT2D eigenvalue weighted by atomic mass is 32.2. The molecule has 0 rings (SSSR count). The van der Waals surface area contributed by atoms with Gasteiger partial charge in [0, 0.05) is 18.8 Å². The van der Waals surface area contributed by atoms with Crippen LogP contribution in [-0.4, -0.2) is 47.8 Å². The summed E-state index contributed by atoms with van der Waals surface area (Å²) in [6.45, 7) is 5.80. The van der Waals surface area contributed by atoms with E-state index in [-0.39, 0.29) is 0 Å². The summed E-state index contributed by atoms with van der Waals surface area (Å²) in [7, 11) is 2.10. The zero-order valence-corrected chi connectivity index (χ0v) is 9.45. The fraction of sp³-hybridized carbons (Fsp3) is 1.00. The van der Waals surface area contributed by atoms with E-state index in [9.17, 15) is 5.11 Å². The lowest BCUT2D eigenvalue weighted by molar-refractivity contribution is 0.0614. The van der Waals surface area contributed by atoms with E-state index in [0.29, 0.717) is 0 Å². The molecule has 0 unspecified atom stereocenters. The molecule has 12 heavy (non-hydrogen) atoms. The van der Waals surface area contributed by atoms with Gasteiger partial charge in [-0.15, -0.1) is 0 Å². The lowest BCUT2D eigenvalue weighted by Crippen LogP contribution is -2.29. The van der Waals surface area contributed by atoms with E-state index in [1.165, 1.54) is 5.75 Å². The van der Waals surface area contributed by atoms with Gasteiger partial charge in [0.15, 0.2) is 0 Å². The van der Waals surface area contributed by atoms with Gasteiger partial charge >= 0.3 is 0 Å². The molecule has 0 heterocycles. The minimum atomic E-state index is -0.520. The second-order valence-electron chi connectivity index (χ2n) is 3.86. The van der Waals surface area contributed by atoms with Crippen molar-refractivity contribution in [2.75, 3.05) is 32.1 Å². The topological polar surface area (TPSA) is 23.5 Å². The minimum Gasteiger partial charge on any atom is -0.390 e. The Hall–Kier alpha value is 0.270. The standard InChI is InChI=1S/C9H21NOS/c1-9(2,11)5-6-10(3)7-8-12-4/h11H,5-8H2,1-4H3. The van der Waals surface area contributed by atoms with Crippen molar-refractivity contribution in [2.24, 2.45) is 0 Å². The molecule has 0 saturated carbocycles. The molecule has 0 aliphatic carbocycles. The summed E-state index contributed by atoms with van der Waals surface area (Å²) >= 11 is 1.86. The van der Waals surface area contributed by atoms with Gasteiger partial charge in [0.1, 0.15) is 0 Å². The molecule has 0 amide bonds. The molecule has 0 atom stereocenters. The van der Waals surface area contributed by atoms with Crippen molar-refractivity contribution in [2.45, 2.75) is 25.9 Å². The molecule has 0 aromatic rings. The molecule has 0 bridgehead atoms. The third-order valence-corrected chi connectivity index (χ3v) is 2.37. The van der Waals surface area contributed by atoms with Gasteiger partial charge in [-0.3, -0.25) is 0 Å². The van der Waals surface area contributed by atoms with Gasteiger partial charge in [-0.2, -0.15) is 11.8 Å². The van der Waals surface area contributed by atoms with Crippen LogP contribution in [0.25, 0.3) is 0 Å².